The summed E-state index contributed by atoms with van der Waals surface area (Å²) in [6.07, 6.45) is 1.01. The van der Waals surface area contributed by atoms with Gasteiger partial charge in [0.15, 0.2) is 0 Å². The van der Waals surface area contributed by atoms with Gasteiger partial charge in [-0.25, -0.2) is 4.79 Å². The second-order valence-corrected chi connectivity index (χ2v) is 5.87. The van der Waals surface area contributed by atoms with Crippen LogP contribution in [-0.4, -0.2) is 66.2 Å². The molecule has 2 heterocycles. The van der Waals surface area contributed by atoms with Crippen LogP contribution in [0.5, 0.6) is 0 Å². The molecule has 0 aliphatic carbocycles. The van der Waals surface area contributed by atoms with E-state index in [0.717, 1.165) is 19.5 Å². The number of carbonyl (C=O) groups excluding carboxylic acids is 1. The summed E-state index contributed by atoms with van der Waals surface area (Å²) in [4.78, 5) is 26.4. The third-order valence-electron chi connectivity index (χ3n) is 3.57. The minimum Gasteiger partial charge on any atom is -0.481 e. The van der Waals surface area contributed by atoms with Gasteiger partial charge in [0.2, 0.25) is 0 Å². The van der Waals surface area contributed by atoms with Crippen LogP contribution in [0.4, 0.5) is 4.79 Å². The fraction of sp³-hybridized carbons (Fsp3) is 0.571. The van der Waals surface area contributed by atoms with E-state index < -0.39 is 5.97 Å². The van der Waals surface area contributed by atoms with Crippen LogP contribution in [0.1, 0.15) is 12.0 Å². The Morgan fingerprint density at radius 2 is 2.05 bits per heavy atom. The van der Waals surface area contributed by atoms with Crippen molar-refractivity contribution in [2.45, 2.75) is 12.8 Å². The quantitative estimate of drug-likeness (QED) is 0.825. The van der Waals surface area contributed by atoms with Crippen molar-refractivity contribution in [1.82, 2.24) is 15.1 Å². The molecule has 1 aromatic heterocycles. The molecule has 0 aromatic carbocycles. The van der Waals surface area contributed by atoms with Crippen LogP contribution >= 0.6 is 11.3 Å². The molecule has 0 unspecified atom stereocenters. The predicted molar refractivity (Wildman–Crippen MR) is 81.7 cm³/mol. The van der Waals surface area contributed by atoms with Crippen LogP contribution in [0.25, 0.3) is 0 Å². The maximum atomic E-state index is 12.0. The zero-order valence-electron chi connectivity index (χ0n) is 12.0. The van der Waals surface area contributed by atoms with E-state index in [-0.39, 0.29) is 12.5 Å². The van der Waals surface area contributed by atoms with Crippen LogP contribution in [0.15, 0.2) is 16.8 Å². The minimum atomic E-state index is -0.774. The van der Waals surface area contributed by atoms with Gasteiger partial charge in [-0.05, 0) is 28.8 Å². The van der Waals surface area contributed by atoms with Crippen molar-refractivity contribution in [3.05, 3.63) is 22.4 Å². The number of aliphatic carboxylic acids is 1. The molecule has 21 heavy (non-hydrogen) atoms. The standard InChI is InChI=1S/C14H21N3O3S/c18-13(19)2-5-16-6-8-17(9-7-16)14(20)15-4-1-12-3-10-21-11-12/h3,10-11H,1-2,4-9H2,(H,15,20)(H,18,19). The highest BCUT2D eigenvalue weighted by Crippen LogP contribution is 2.06. The zero-order chi connectivity index (χ0) is 15.1. The van der Waals surface area contributed by atoms with Crippen molar-refractivity contribution in [2.75, 3.05) is 39.3 Å². The maximum Gasteiger partial charge on any atom is 0.317 e. The summed E-state index contributed by atoms with van der Waals surface area (Å²) in [5, 5.41) is 15.7. The number of carboxylic acid groups (broad SMARTS) is 1. The molecule has 7 heteroatoms. The highest BCUT2D eigenvalue weighted by Gasteiger charge is 2.20. The van der Waals surface area contributed by atoms with Crippen molar-refractivity contribution in [3.63, 3.8) is 0 Å². The highest BCUT2D eigenvalue weighted by atomic mass is 32.1. The molecule has 0 atom stereocenters. The molecule has 0 saturated carbocycles. The Balaban J connectivity index is 1.62. The Morgan fingerprint density at radius 1 is 1.29 bits per heavy atom. The van der Waals surface area contributed by atoms with Gasteiger partial charge in [-0.15, -0.1) is 0 Å². The predicted octanol–water partition coefficient (Wildman–Crippen LogP) is 1.09. The molecule has 0 radical (unpaired) electrons. The van der Waals surface area contributed by atoms with E-state index in [1.807, 2.05) is 5.38 Å². The van der Waals surface area contributed by atoms with E-state index >= 15 is 0 Å². The number of amides is 2. The van der Waals surface area contributed by atoms with Gasteiger partial charge in [0.05, 0.1) is 6.42 Å². The molecule has 2 rings (SSSR count). The lowest BCUT2D eigenvalue weighted by molar-refractivity contribution is -0.137. The van der Waals surface area contributed by atoms with E-state index in [4.69, 9.17) is 5.11 Å². The Bertz CT molecular complexity index is 456. The molecular formula is C14H21N3O3S. The molecular weight excluding hydrogens is 290 g/mol. The molecule has 1 aromatic rings. The van der Waals surface area contributed by atoms with Gasteiger partial charge in [-0.1, -0.05) is 0 Å². The fourth-order valence-corrected chi connectivity index (χ4v) is 2.99. The summed E-state index contributed by atoms with van der Waals surface area (Å²) in [6.45, 7) is 4.00. The lowest BCUT2D eigenvalue weighted by Crippen LogP contribution is -2.52. The van der Waals surface area contributed by atoms with Crippen LogP contribution in [0.2, 0.25) is 0 Å². The minimum absolute atomic E-state index is 0.0249. The van der Waals surface area contributed by atoms with Crippen LogP contribution in [-0.2, 0) is 11.2 Å². The van der Waals surface area contributed by atoms with Gasteiger partial charge in [0.1, 0.15) is 0 Å². The number of piperazine rings is 1. The number of nitrogens with zero attached hydrogens (tertiary/aromatic N) is 2. The van der Waals surface area contributed by atoms with Crippen LogP contribution in [0, 0.1) is 0 Å². The number of carboxylic acids is 1. The second-order valence-electron chi connectivity index (χ2n) is 5.09. The van der Waals surface area contributed by atoms with Gasteiger partial charge in [-0.2, -0.15) is 11.3 Å². The smallest absolute Gasteiger partial charge is 0.317 e. The number of carbonyl (C=O) groups is 2. The number of thiophene rings is 1. The monoisotopic (exact) mass is 311 g/mol. The lowest BCUT2D eigenvalue weighted by atomic mass is 10.2. The lowest BCUT2D eigenvalue weighted by Gasteiger charge is -2.34. The summed E-state index contributed by atoms with van der Waals surface area (Å²) in [7, 11) is 0. The highest BCUT2D eigenvalue weighted by molar-refractivity contribution is 7.07. The molecule has 1 fully saturated rings. The molecule has 1 aliphatic heterocycles. The van der Waals surface area contributed by atoms with Gasteiger partial charge in [0.25, 0.3) is 0 Å². The molecule has 6 nitrogen and oxygen atoms in total. The fourth-order valence-electron chi connectivity index (χ4n) is 2.29. The maximum absolute atomic E-state index is 12.0. The SMILES string of the molecule is O=C(O)CCN1CCN(C(=O)NCCc2ccsc2)CC1. The number of hydrogen-bond acceptors (Lipinski definition) is 4. The van der Waals surface area contributed by atoms with E-state index in [0.29, 0.717) is 26.2 Å². The number of rotatable bonds is 6. The largest absolute Gasteiger partial charge is 0.481 e. The Morgan fingerprint density at radius 3 is 2.67 bits per heavy atom. The molecule has 116 valence electrons. The van der Waals surface area contributed by atoms with E-state index in [1.54, 1.807) is 16.2 Å². The molecule has 2 N–H and O–H groups in total. The van der Waals surface area contributed by atoms with E-state index in [2.05, 4.69) is 21.7 Å². The number of hydrogen-bond donors (Lipinski definition) is 2. The van der Waals surface area contributed by atoms with Crippen molar-refractivity contribution in [3.8, 4) is 0 Å². The van der Waals surface area contributed by atoms with Crippen molar-refractivity contribution >= 4 is 23.3 Å². The van der Waals surface area contributed by atoms with Crippen molar-refractivity contribution < 1.29 is 14.7 Å². The van der Waals surface area contributed by atoms with E-state index in [1.165, 1.54) is 5.56 Å². The summed E-state index contributed by atoms with van der Waals surface area (Å²) < 4.78 is 0. The second kappa shape index (κ2) is 7.99. The molecule has 1 aliphatic rings. The number of nitrogens with one attached hydrogen (secondary N) is 1. The molecule has 0 bridgehead atoms. The Hall–Kier alpha value is -1.60. The molecule has 1 saturated heterocycles. The summed E-state index contributed by atoms with van der Waals surface area (Å²) in [5.74, 6) is -0.774. The first-order chi connectivity index (χ1) is 10.1. The average Bonchev–Trinajstić information content (AvgIpc) is 2.99. The van der Waals surface area contributed by atoms with E-state index in [9.17, 15) is 9.59 Å². The first-order valence-electron chi connectivity index (χ1n) is 7.13. The van der Waals surface area contributed by atoms with Gasteiger partial charge in [-0.3, -0.25) is 9.69 Å². The normalized spacial score (nSPS) is 15.9. The first-order valence-corrected chi connectivity index (χ1v) is 8.07. The van der Waals surface area contributed by atoms with Crippen LogP contribution in [0.3, 0.4) is 0 Å². The average molecular weight is 311 g/mol. The van der Waals surface area contributed by atoms with Gasteiger partial charge >= 0.3 is 12.0 Å². The van der Waals surface area contributed by atoms with Gasteiger partial charge in [0, 0.05) is 39.3 Å². The third-order valence-corrected chi connectivity index (χ3v) is 4.30. The summed E-state index contributed by atoms with van der Waals surface area (Å²) >= 11 is 1.66. The third kappa shape index (κ3) is 5.35. The summed E-state index contributed by atoms with van der Waals surface area (Å²) in [5.41, 5.74) is 1.25. The number of urea groups is 1. The Labute approximate surface area is 128 Å². The first kappa shape index (κ1) is 15.8. The zero-order valence-corrected chi connectivity index (χ0v) is 12.8. The van der Waals surface area contributed by atoms with Crippen molar-refractivity contribution in [2.24, 2.45) is 0 Å². The molecule has 2 amide bonds. The topological polar surface area (TPSA) is 72.9 Å². The van der Waals surface area contributed by atoms with Crippen molar-refractivity contribution in [1.29, 1.82) is 0 Å². The van der Waals surface area contributed by atoms with Gasteiger partial charge < -0.3 is 15.3 Å². The summed E-state index contributed by atoms with van der Waals surface area (Å²) in [6, 6.07) is 2.04. The Kier molecular flexibility index (Phi) is 6.01. The van der Waals surface area contributed by atoms with Crippen LogP contribution < -0.4 is 5.32 Å². The molecule has 0 spiro atoms.